The van der Waals surface area contributed by atoms with Gasteiger partial charge in [-0.2, -0.15) is 0 Å². The molecule has 0 spiro atoms. The molecule has 2 saturated heterocycles. The molecule has 2 fully saturated rings. The van der Waals surface area contributed by atoms with Gasteiger partial charge in [-0.3, -0.25) is 0 Å². The second-order valence-corrected chi connectivity index (χ2v) is 36.8. The van der Waals surface area contributed by atoms with E-state index in [4.69, 9.17) is 34.5 Å². The number of fused-ring (bicyclic) bond motifs is 10. The molecule has 2 aliphatic carbocycles. The monoisotopic (exact) mass is 1500 g/mol. The van der Waals surface area contributed by atoms with Crippen LogP contribution in [0, 0.1) is 0 Å². The Morgan fingerprint density at radius 3 is 0.680 bits per heavy atom. The molecule has 4 heterocycles. The maximum atomic E-state index is 7.12. The summed E-state index contributed by atoms with van der Waals surface area (Å²) >= 11 is -0.521. The van der Waals surface area contributed by atoms with Gasteiger partial charge < -0.3 is 0 Å². The summed E-state index contributed by atoms with van der Waals surface area (Å²) in [6.07, 6.45) is 69.3. The van der Waals surface area contributed by atoms with E-state index in [-0.39, 0.29) is 40.8 Å². The summed E-state index contributed by atoms with van der Waals surface area (Å²) in [5.74, 6) is 0. The van der Waals surface area contributed by atoms with Crippen LogP contribution in [-0.4, -0.2) is 82.5 Å². The average molecular weight is 1500 g/mol. The van der Waals surface area contributed by atoms with Gasteiger partial charge in [-0.05, 0) is 0 Å². The Bertz CT molecular complexity index is 2910. The third kappa shape index (κ3) is 20.8. The molecule has 9 rings (SSSR count). The van der Waals surface area contributed by atoms with E-state index in [1.165, 1.54) is 353 Å². The van der Waals surface area contributed by atoms with Gasteiger partial charge in [-0.25, -0.2) is 0 Å². The van der Waals surface area contributed by atoms with Crippen molar-refractivity contribution < 1.29 is 18.6 Å². The summed E-state index contributed by atoms with van der Waals surface area (Å²) in [6.45, 7) is 27.0. The first-order chi connectivity index (χ1) is 48.5. The molecule has 8 nitrogen and oxygen atoms in total. The Labute approximate surface area is 626 Å². The molecule has 0 N–H and O–H groups in total. The van der Waals surface area contributed by atoms with E-state index in [0.717, 1.165) is 58.7 Å². The molecular weight excluding hydrogens is 1360 g/mol. The molecule has 2 aliphatic heterocycles. The molecule has 558 valence electrons. The normalized spacial score (nSPS) is 17.4. The Kier molecular flexibility index (Phi) is 33.4. The molecule has 12 heteroatoms. The van der Waals surface area contributed by atoms with E-state index in [2.05, 4.69) is 107 Å². The molecule has 0 amide bonds. The molecule has 2 aromatic heterocycles. The van der Waals surface area contributed by atoms with Gasteiger partial charge in [0.2, 0.25) is 0 Å². The Morgan fingerprint density at radius 2 is 0.460 bits per heavy atom. The van der Waals surface area contributed by atoms with Crippen LogP contribution in [0.5, 0.6) is 0 Å². The molecule has 0 saturated carbocycles. The van der Waals surface area contributed by atoms with Crippen molar-refractivity contribution in [3.63, 3.8) is 0 Å². The predicted molar refractivity (Wildman–Crippen MR) is 433 cm³/mol. The Balaban J connectivity index is 1.14. The molecule has 0 bridgehead atoms. The van der Waals surface area contributed by atoms with E-state index in [9.17, 15) is 0 Å². The summed E-state index contributed by atoms with van der Waals surface area (Å²) < 4.78 is 50.6. The first-order valence-electron chi connectivity index (χ1n) is 43.0. The van der Waals surface area contributed by atoms with Crippen LogP contribution in [-0.2, 0) is 29.4 Å². The fourth-order valence-electron chi connectivity index (χ4n) is 18.0. The van der Waals surface area contributed by atoms with E-state index >= 15 is 0 Å². The van der Waals surface area contributed by atoms with Crippen molar-refractivity contribution in [3.8, 4) is 22.3 Å². The average Bonchev–Trinajstić information content (AvgIpc) is 1.53. The van der Waals surface area contributed by atoms with E-state index < -0.39 is 36.6 Å². The van der Waals surface area contributed by atoms with Crippen molar-refractivity contribution in [3.05, 3.63) is 46.5 Å². The Morgan fingerprint density at radius 1 is 0.260 bits per heavy atom. The van der Waals surface area contributed by atoms with Crippen LogP contribution in [0.3, 0.4) is 0 Å². The standard InChI is InChI=1S/C88H144B2N4O4Se2/c1-13-17-21-25-29-33-37-41-45-49-53-57-61-87(62-58-54-50-46-42-38-34-30-26-22-18-14-2)71-65-70-72(66-69(71)77-73(87)67-75(79-81(77)93-99-91-79)89-95-83(5,6)84(7,8)96-89)88(63-59-55-51-47-43-39-35-31-27-23-19-15-3,64-60-56-52-48-44-40-36-32-28-24-20-16-4)74-68-76(80-82(78(70)74)94-100-92-80)90-97-85(9,10)86(11,12)98-90/h65-68H,13-64H2,1-12H3. The van der Waals surface area contributed by atoms with Crippen molar-refractivity contribution in [2.24, 2.45) is 0 Å². The van der Waals surface area contributed by atoms with Gasteiger partial charge in [0.15, 0.2) is 0 Å². The van der Waals surface area contributed by atoms with E-state index in [0.29, 0.717) is 0 Å². The zero-order valence-electron chi connectivity index (χ0n) is 66.5. The number of hydrogen-bond donors (Lipinski definition) is 0. The van der Waals surface area contributed by atoms with Gasteiger partial charge >= 0.3 is 449 Å². The summed E-state index contributed by atoms with van der Waals surface area (Å²) in [6, 6.07) is 10.9. The first-order valence-corrected chi connectivity index (χ1v) is 46.1. The van der Waals surface area contributed by atoms with Gasteiger partial charge in [0.05, 0.1) is 0 Å². The van der Waals surface area contributed by atoms with Gasteiger partial charge in [0.1, 0.15) is 0 Å². The third-order valence-electron chi connectivity index (χ3n) is 25.7. The topological polar surface area (TPSA) is 88.5 Å². The van der Waals surface area contributed by atoms with Crippen molar-refractivity contribution in [1.82, 2.24) is 15.9 Å². The quantitative estimate of drug-likeness (QED) is 0.0281. The molecule has 4 aliphatic rings. The molecule has 3 aromatic carbocycles. The fraction of sp³-hybridized carbons (Fsp3) is 0.795. The molecule has 0 atom stereocenters. The number of unbranched alkanes of at least 4 members (excludes halogenated alkanes) is 44. The van der Waals surface area contributed by atoms with Crippen LogP contribution in [0.1, 0.15) is 439 Å². The van der Waals surface area contributed by atoms with Crippen molar-refractivity contribution in [2.45, 2.75) is 450 Å². The van der Waals surface area contributed by atoms with Gasteiger partial charge in [-0.15, -0.1) is 0 Å². The summed E-state index contributed by atoms with van der Waals surface area (Å²) in [5.41, 5.74) is 15.8. The maximum absolute atomic E-state index is 7.12. The van der Waals surface area contributed by atoms with Crippen LogP contribution in [0.15, 0.2) is 24.3 Å². The van der Waals surface area contributed by atoms with Crippen LogP contribution in [0.2, 0.25) is 0 Å². The number of benzene rings is 3. The summed E-state index contributed by atoms with van der Waals surface area (Å²) in [7, 11) is -1.03. The second-order valence-electron chi connectivity index (χ2n) is 34.5. The molecule has 100 heavy (non-hydrogen) atoms. The second kappa shape index (κ2) is 40.7. The minimum atomic E-state index is -0.514. The van der Waals surface area contributed by atoms with E-state index in [1.807, 2.05) is 0 Å². The van der Waals surface area contributed by atoms with Gasteiger partial charge in [0, 0.05) is 0 Å². The number of hydrogen-bond acceptors (Lipinski definition) is 8. The first kappa shape index (κ1) is 81.9. The zero-order chi connectivity index (χ0) is 70.9. The molecule has 0 unspecified atom stereocenters. The van der Waals surface area contributed by atoms with Crippen molar-refractivity contribution in [1.29, 1.82) is 0 Å². The number of nitrogens with zero attached hydrogens (tertiary/aromatic N) is 4. The predicted octanol–water partition coefficient (Wildman–Crippen LogP) is 25.2. The minimum absolute atomic E-state index is 0.219. The van der Waals surface area contributed by atoms with Crippen LogP contribution >= 0.6 is 0 Å². The van der Waals surface area contributed by atoms with Gasteiger partial charge in [-0.1, -0.05) is 182 Å². The molecule has 0 radical (unpaired) electrons. The zero-order valence-corrected chi connectivity index (χ0v) is 69.9. The molecular formula is C88H144B2N4O4Se2. The van der Waals surface area contributed by atoms with Gasteiger partial charge in [0.25, 0.3) is 0 Å². The Hall–Kier alpha value is -2.13. The summed E-state index contributed by atoms with van der Waals surface area (Å²) in [4.78, 5) is 0. The fourth-order valence-corrected chi connectivity index (χ4v) is 20.4. The van der Waals surface area contributed by atoms with Crippen LogP contribution in [0.25, 0.3) is 44.3 Å². The third-order valence-corrected chi connectivity index (χ3v) is 28.0. The van der Waals surface area contributed by atoms with Crippen LogP contribution in [0.4, 0.5) is 0 Å². The summed E-state index contributed by atoms with van der Waals surface area (Å²) in [5, 5.41) is 0. The van der Waals surface area contributed by atoms with Crippen LogP contribution < -0.4 is 10.9 Å². The molecule has 5 aromatic rings. The van der Waals surface area contributed by atoms with Crippen molar-refractivity contribution in [2.75, 3.05) is 0 Å². The number of rotatable bonds is 54. The van der Waals surface area contributed by atoms with E-state index in [1.54, 1.807) is 0 Å². The van der Waals surface area contributed by atoms with Crippen molar-refractivity contribution >= 4 is 77.2 Å². The SMILES string of the molecule is CCCCCCCCCCCCCCC1(CCCCCCCCCCCCCC)c2cc3c(cc2-c2c1cc(B1OC(C)(C)C(C)(C)O1)c1n[se]nc21)C(CCCCCCCCCCCCCC)(CCCCCCCCCCCCCC)c1cc(B2OC(C)(C)C(C)(C)O2)c2n[se]nc2c1-3. The number of aromatic nitrogens is 4.